The molecular formula is C7H12IN2O4-. The van der Waals surface area contributed by atoms with Crippen LogP contribution in [0.2, 0.25) is 0 Å². The molecular weight excluding hydrogens is 303 g/mol. The van der Waals surface area contributed by atoms with Gasteiger partial charge >= 0.3 is 92.1 Å². The van der Waals surface area contributed by atoms with Crippen LogP contribution in [0.25, 0.3) is 0 Å². The van der Waals surface area contributed by atoms with E-state index in [0.717, 1.165) is 0 Å². The third-order valence-corrected chi connectivity index (χ3v) is 3.21. The molecule has 14 heavy (non-hydrogen) atoms. The van der Waals surface area contributed by atoms with E-state index < -0.39 is 45.3 Å². The zero-order valence-electron chi connectivity index (χ0n) is 7.87. The van der Waals surface area contributed by atoms with Crippen molar-refractivity contribution in [3.05, 3.63) is 0 Å². The van der Waals surface area contributed by atoms with E-state index in [1.54, 1.807) is 13.8 Å². The molecule has 1 aliphatic heterocycles. The Morgan fingerprint density at radius 2 is 1.79 bits per heavy atom. The van der Waals surface area contributed by atoms with Crippen LogP contribution in [0.3, 0.4) is 0 Å². The SMILES string of the molecule is CC1C(=O)ONC[I-]NOC(=O)C1C. The van der Waals surface area contributed by atoms with Gasteiger partial charge in [0.05, 0.1) is 0 Å². The van der Waals surface area contributed by atoms with Crippen molar-refractivity contribution in [3.63, 3.8) is 0 Å². The molecule has 1 fully saturated rings. The van der Waals surface area contributed by atoms with Crippen molar-refractivity contribution in [1.82, 2.24) is 9.17 Å². The van der Waals surface area contributed by atoms with Crippen molar-refractivity contribution >= 4 is 11.9 Å². The average molecular weight is 315 g/mol. The monoisotopic (exact) mass is 315 g/mol. The molecule has 0 spiro atoms. The molecule has 6 nitrogen and oxygen atoms in total. The van der Waals surface area contributed by atoms with E-state index in [0.29, 0.717) is 4.55 Å². The van der Waals surface area contributed by atoms with Crippen LogP contribution in [0.1, 0.15) is 13.8 Å². The standard InChI is InChI=1S/C7H12IN2O4/c1-4-5(2)7(12)14-10-8-3-9-13-6(4)11/h4-5,9-10H,3H2,1-2H3/q-1. The molecule has 1 saturated heterocycles. The van der Waals surface area contributed by atoms with Crippen LogP contribution >= 0.6 is 0 Å². The third-order valence-electron chi connectivity index (χ3n) is 1.98. The van der Waals surface area contributed by atoms with E-state index >= 15 is 0 Å². The minimum atomic E-state index is -0.522. The first-order valence-electron chi connectivity index (χ1n) is 4.10. The van der Waals surface area contributed by atoms with Gasteiger partial charge in [-0.3, -0.25) is 0 Å². The summed E-state index contributed by atoms with van der Waals surface area (Å²) in [6.45, 7) is 3.27. The second kappa shape index (κ2) is 5.47. The van der Waals surface area contributed by atoms with Gasteiger partial charge in [0.15, 0.2) is 0 Å². The molecule has 82 valence electrons. The zero-order valence-corrected chi connectivity index (χ0v) is 10.0. The van der Waals surface area contributed by atoms with Gasteiger partial charge in [-0.05, 0) is 0 Å². The fourth-order valence-electron chi connectivity index (χ4n) is 0.812. The Morgan fingerprint density at radius 1 is 1.21 bits per heavy atom. The van der Waals surface area contributed by atoms with Crippen molar-refractivity contribution in [2.45, 2.75) is 13.8 Å². The molecule has 0 aliphatic carbocycles. The quantitative estimate of drug-likeness (QED) is 0.208. The summed E-state index contributed by atoms with van der Waals surface area (Å²) in [5.41, 5.74) is 2.52. The molecule has 1 aliphatic rings. The Morgan fingerprint density at radius 3 is 2.43 bits per heavy atom. The second-order valence-corrected chi connectivity index (χ2v) is 4.87. The minimum absolute atomic E-state index is 0.420. The Hall–Kier alpha value is -0.410. The number of carbonyl (C=O) groups excluding carboxylic acids is 2. The maximum absolute atomic E-state index is 11.3. The number of carbonyl (C=O) groups is 2. The summed E-state index contributed by atoms with van der Waals surface area (Å²) in [5.74, 6) is -1.86. The van der Waals surface area contributed by atoms with Crippen LogP contribution in [0.15, 0.2) is 0 Å². The molecule has 0 bridgehead atoms. The molecule has 1 rings (SSSR count). The summed E-state index contributed by atoms with van der Waals surface area (Å²) < 4.78 is 3.08. The first-order valence-corrected chi connectivity index (χ1v) is 6.70. The summed E-state index contributed by atoms with van der Waals surface area (Å²) in [7, 11) is 0. The van der Waals surface area contributed by atoms with Crippen LogP contribution in [-0.4, -0.2) is 16.5 Å². The zero-order chi connectivity index (χ0) is 10.6. The molecule has 7 heteroatoms. The number of halogens is 1. The number of rotatable bonds is 0. The van der Waals surface area contributed by atoms with Gasteiger partial charge in [-0.1, -0.05) is 0 Å². The molecule has 0 radical (unpaired) electrons. The fraction of sp³-hybridized carbons (Fsp3) is 0.714. The Labute approximate surface area is 92.2 Å². The topological polar surface area (TPSA) is 76.7 Å². The van der Waals surface area contributed by atoms with Crippen LogP contribution in [0.5, 0.6) is 0 Å². The third kappa shape index (κ3) is 3.07. The summed E-state index contributed by atoms with van der Waals surface area (Å²) in [4.78, 5) is 32.1. The van der Waals surface area contributed by atoms with Crippen molar-refractivity contribution in [3.8, 4) is 0 Å². The average Bonchev–Trinajstić information content (AvgIpc) is 2.19. The van der Waals surface area contributed by atoms with Gasteiger partial charge in [0.1, 0.15) is 0 Å². The van der Waals surface area contributed by atoms with E-state index in [4.69, 9.17) is 9.68 Å². The van der Waals surface area contributed by atoms with Gasteiger partial charge in [0.2, 0.25) is 0 Å². The van der Waals surface area contributed by atoms with E-state index in [9.17, 15) is 9.59 Å². The predicted octanol–water partition coefficient (Wildman–Crippen LogP) is -3.67. The Bertz CT molecular complexity index is 212. The van der Waals surface area contributed by atoms with Crippen molar-refractivity contribution in [2.24, 2.45) is 11.8 Å². The molecule has 2 atom stereocenters. The first-order chi connectivity index (χ1) is 6.63. The van der Waals surface area contributed by atoms with Gasteiger partial charge in [0, 0.05) is 0 Å². The van der Waals surface area contributed by atoms with Gasteiger partial charge in [-0.25, -0.2) is 0 Å². The van der Waals surface area contributed by atoms with Crippen LogP contribution in [-0.2, 0) is 19.3 Å². The van der Waals surface area contributed by atoms with E-state index in [2.05, 4.69) is 9.17 Å². The van der Waals surface area contributed by atoms with Gasteiger partial charge < -0.3 is 0 Å². The molecule has 1 heterocycles. The van der Waals surface area contributed by atoms with Gasteiger partial charge in [-0.15, -0.1) is 0 Å². The van der Waals surface area contributed by atoms with Gasteiger partial charge in [-0.2, -0.15) is 0 Å². The predicted molar refractivity (Wildman–Crippen MR) is 41.7 cm³/mol. The first kappa shape index (κ1) is 11.7. The van der Waals surface area contributed by atoms with Crippen molar-refractivity contribution in [1.29, 1.82) is 0 Å². The molecule has 0 amide bonds. The second-order valence-electron chi connectivity index (χ2n) is 2.91. The maximum atomic E-state index is 11.3. The molecule has 0 saturated carbocycles. The number of hydroxylamine groups is 1. The molecule has 0 aromatic rings. The van der Waals surface area contributed by atoms with E-state index in [-0.39, 0.29) is 0 Å². The van der Waals surface area contributed by atoms with Crippen molar-refractivity contribution in [2.75, 3.05) is 4.55 Å². The molecule has 0 aromatic heterocycles. The number of hydrogen-bond donors (Lipinski definition) is 2. The number of alkyl halides is 1. The van der Waals surface area contributed by atoms with Crippen LogP contribution in [0, 0.1) is 11.8 Å². The van der Waals surface area contributed by atoms with E-state index in [1.165, 1.54) is 0 Å². The van der Waals surface area contributed by atoms with Crippen LogP contribution in [0.4, 0.5) is 0 Å². The Kier molecular flexibility index (Phi) is 4.55. The van der Waals surface area contributed by atoms with Crippen molar-refractivity contribution < 1.29 is 40.7 Å². The molecule has 2 unspecified atom stereocenters. The Balaban J connectivity index is 2.62. The normalized spacial score (nSPS) is 31.0. The van der Waals surface area contributed by atoms with E-state index in [1.807, 2.05) is 0 Å². The summed E-state index contributed by atoms with van der Waals surface area (Å²) in [6, 6.07) is 0. The summed E-state index contributed by atoms with van der Waals surface area (Å²) in [6.07, 6.45) is 0. The van der Waals surface area contributed by atoms with Crippen LogP contribution < -0.4 is 30.7 Å². The van der Waals surface area contributed by atoms with Gasteiger partial charge in [0.25, 0.3) is 0 Å². The summed E-state index contributed by atoms with van der Waals surface area (Å²) >= 11 is -0.522. The fourth-order valence-corrected chi connectivity index (χ4v) is 1.65. The molecule has 0 aromatic carbocycles. The molecule has 2 N–H and O–H groups in total. The number of nitrogens with one attached hydrogen (secondary N) is 2. The number of hydrogen-bond acceptors (Lipinski definition) is 6. The summed E-state index contributed by atoms with van der Waals surface area (Å²) in [5, 5.41) is 0.